The average Bonchev–Trinajstić information content (AvgIpc) is 3.20. The summed E-state index contributed by atoms with van der Waals surface area (Å²) in [6, 6.07) is 12.8. The van der Waals surface area contributed by atoms with Crippen molar-refractivity contribution in [2.45, 2.75) is 19.3 Å². The molecule has 29 heavy (non-hydrogen) atoms. The number of phenolic OH excluding ortho intramolecular Hbond substituents is 1. The maximum absolute atomic E-state index is 12.2. The number of aryl methyl sites for hydroxylation is 1. The second kappa shape index (κ2) is 9.93. The fourth-order valence-corrected chi connectivity index (χ4v) is 3.72. The van der Waals surface area contributed by atoms with Gasteiger partial charge in [0.2, 0.25) is 5.91 Å². The topological polar surface area (TPSA) is 80.7 Å². The number of ether oxygens (including phenoxy) is 2. The quantitative estimate of drug-likeness (QED) is 0.522. The van der Waals surface area contributed by atoms with Gasteiger partial charge in [-0.15, -0.1) is 11.3 Å². The van der Waals surface area contributed by atoms with Crippen molar-refractivity contribution in [3.63, 3.8) is 0 Å². The smallest absolute Gasteiger partial charge is 0.226 e. The molecule has 3 aromatic rings. The van der Waals surface area contributed by atoms with E-state index >= 15 is 0 Å². The van der Waals surface area contributed by atoms with Crippen molar-refractivity contribution >= 4 is 17.2 Å². The molecular formula is C22H24N2O4S. The van der Waals surface area contributed by atoms with Crippen LogP contribution in [0.2, 0.25) is 0 Å². The van der Waals surface area contributed by atoms with Crippen molar-refractivity contribution < 1.29 is 19.4 Å². The Kier molecular flexibility index (Phi) is 7.08. The van der Waals surface area contributed by atoms with Crippen LogP contribution in [0.1, 0.15) is 17.7 Å². The molecule has 3 rings (SSSR count). The molecule has 7 heteroatoms. The van der Waals surface area contributed by atoms with Crippen molar-refractivity contribution in [2.75, 3.05) is 20.8 Å². The maximum Gasteiger partial charge on any atom is 0.226 e. The van der Waals surface area contributed by atoms with Gasteiger partial charge in [0.15, 0.2) is 11.5 Å². The molecule has 2 N–H and O–H groups in total. The second-order valence-electron chi connectivity index (χ2n) is 6.51. The summed E-state index contributed by atoms with van der Waals surface area (Å²) in [5.41, 5.74) is 2.81. The van der Waals surface area contributed by atoms with E-state index in [9.17, 15) is 9.90 Å². The third-order valence-corrected chi connectivity index (χ3v) is 5.36. The summed E-state index contributed by atoms with van der Waals surface area (Å²) in [5.74, 6) is 1.53. The third-order valence-electron chi connectivity index (χ3n) is 4.42. The van der Waals surface area contributed by atoms with E-state index in [0.717, 1.165) is 34.7 Å². The van der Waals surface area contributed by atoms with Crippen LogP contribution in [0.3, 0.4) is 0 Å². The second-order valence-corrected chi connectivity index (χ2v) is 7.37. The zero-order valence-corrected chi connectivity index (χ0v) is 17.3. The zero-order valence-electron chi connectivity index (χ0n) is 16.5. The number of rotatable bonds is 9. The molecule has 1 heterocycles. The highest BCUT2D eigenvalue weighted by atomic mass is 32.1. The number of nitrogens with zero attached hydrogens (tertiary/aromatic N) is 1. The summed E-state index contributed by atoms with van der Waals surface area (Å²) in [6.45, 7) is 0.604. The molecule has 1 aromatic heterocycles. The van der Waals surface area contributed by atoms with E-state index in [1.807, 2.05) is 35.7 Å². The van der Waals surface area contributed by atoms with Gasteiger partial charge in [0.1, 0.15) is 10.8 Å². The van der Waals surface area contributed by atoms with Crippen LogP contribution in [0.25, 0.3) is 10.6 Å². The summed E-state index contributed by atoms with van der Waals surface area (Å²) in [5, 5.41) is 15.0. The highest BCUT2D eigenvalue weighted by Gasteiger charge is 2.11. The number of aromatic hydroxyl groups is 1. The number of methoxy groups -OCH3 is 2. The maximum atomic E-state index is 12.2. The minimum Gasteiger partial charge on any atom is -0.508 e. The number of amides is 1. The van der Waals surface area contributed by atoms with E-state index in [2.05, 4.69) is 10.3 Å². The molecule has 0 radical (unpaired) electrons. The molecule has 1 amide bonds. The van der Waals surface area contributed by atoms with Gasteiger partial charge in [-0.1, -0.05) is 12.1 Å². The van der Waals surface area contributed by atoms with Gasteiger partial charge in [0, 0.05) is 17.5 Å². The molecule has 152 valence electrons. The molecule has 0 bridgehead atoms. The summed E-state index contributed by atoms with van der Waals surface area (Å²) in [6.07, 6.45) is 1.94. The van der Waals surface area contributed by atoms with E-state index in [1.54, 1.807) is 26.4 Å². The van der Waals surface area contributed by atoms with E-state index in [4.69, 9.17) is 9.47 Å². The first-order valence-corrected chi connectivity index (χ1v) is 10.2. The Hall–Kier alpha value is -3.06. The van der Waals surface area contributed by atoms with E-state index in [1.165, 1.54) is 11.3 Å². The molecule has 0 aliphatic heterocycles. The van der Waals surface area contributed by atoms with Gasteiger partial charge in [-0.25, -0.2) is 4.98 Å². The number of carbonyl (C=O) groups is 1. The molecule has 0 unspecified atom stereocenters. The Morgan fingerprint density at radius 2 is 1.86 bits per heavy atom. The van der Waals surface area contributed by atoms with Gasteiger partial charge in [-0.2, -0.15) is 0 Å². The van der Waals surface area contributed by atoms with Crippen LogP contribution in [-0.2, 0) is 17.6 Å². The normalized spacial score (nSPS) is 10.6. The average molecular weight is 413 g/mol. The Morgan fingerprint density at radius 3 is 2.59 bits per heavy atom. The lowest BCUT2D eigenvalue weighted by molar-refractivity contribution is -0.120. The molecule has 0 spiro atoms. The molecule has 0 saturated heterocycles. The molecule has 2 aromatic carbocycles. The lowest BCUT2D eigenvalue weighted by atomic mass is 10.1. The zero-order chi connectivity index (χ0) is 20.6. The Balaban J connectivity index is 1.49. The van der Waals surface area contributed by atoms with Gasteiger partial charge in [0.05, 0.1) is 26.3 Å². The number of benzene rings is 2. The summed E-state index contributed by atoms with van der Waals surface area (Å²) in [7, 11) is 3.20. The van der Waals surface area contributed by atoms with Gasteiger partial charge in [-0.3, -0.25) is 4.79 Å². The molecule has 0 aliphatic carbocycles. The highest BCUT2D eigenvalue weighted by Crippen LogP contribution is 2.33. The van der Waals surface area contributed by atoms with Crippen LogP contribution in [0.5, 0.6) is 17.2 Å². The van der Waals surface area contributed by atoms with Gasteiger partial charge in [-0.05, 0) is 48.7 Å². The number of phenols is 1. The Labute approximate surface area is 174 Å². The molecule has 6 nitrogen and oxygen atoms in total. The largest absolute Gasteiger partial charge is 0.508 e. The number of carbonyl (C=O) groups excluding carboxylic acids is 1. The third kappa shape index (κ3) is 5.71. The Bertz CT molecular complexity index is 954. The van der Waals surface area contributed by atoms with Crippen LogP contribution < -0.4 is 14.8 Å². The fraction of sp³-hybridized carbons (Fsp3) is 0.273. The van der Waals surface area contributed by atoms with Crippen molar-refractivity contribution in [3.8, 4) is 27.8 Å². The lowest BCUT2D eigenvalue weighted by Gasteiger charge is -2.08. The molecule has 0 fully saturated rings. The minimum atomic E-state index is -0.0418. The predicted molar refractivity (Wildman–Crippen MR) is 114 cm³/mol. The standard InChI is InChI=1S/C22H24N2O4S/c1-27-19-10-7-16(12-20(19)28-2)22-24-17(14-29-22)13-21(26)23-11-3-4-15-5-8-18(25)9-6-15/h5-10,12,14,25H,3-4,11,13H2,1-2H3,(H,23,26). The van der Waals surface area contributed by atoms with Gasteiger partial charge < -0.3 is 19.9 Å². The van der Waals surface area contributed by atoms with Crippen LogP contribution in [0.4, 0.5) is 0 Å². The fourth-order valence-electron chi connectivity index (χ4n) is 2.90. The number of hydrogen-bond acceptors (Lipinski definition) is 6. The van der Waals surface area contributed by atoms with Crippen LogP contribution >= 0.6 is 11.3 Å². The molecular weight excluding hydrogens is 388 g/mol. The minimum absolute atomic E-state index is 0.0418. The number of hydrogen-bond donors (Lipinski definition) is 2. The van der Waals surface area contributed by atoms with Gasteiger partial charge >= 0.3 is 0 Å². The number of aromatic nitrogens is 1. The summed E-state index contributed by atoms with van der Waals surface area (Å²) < 4.78 is 10.6. The van der Waals surface area contributed by atoms with Crippen molar-refractivity contribution in [1.82, 2.24) is 10.3 Å². The van der Waals surface area contributed by atoms with Crippen molar-refractivity contribution in [1.29, 1.82) is 0 Å². The van der Waals surface area contributed by atoms with Crippen molar-refractivity contribution in [3.05, 3.63) is 59.1 Å². The van der Waals surface area contributed by atoms with Crippen LogP contribution in [0.15, 0.2) is 47.8 Å². The molecule has 0 atom stereocenters. The SMILES string of the molecule is COc1ccc(-c2nc(CC(=O)NCCCc3ccc(O)cc3)cs2)cc1OC. The first-order chi connectivity index (χ1) is 14.1. The monoisotopic (exact) mass is 412 g/mol. The predicted octanol–water partition coefficient (Wildman–Crippen LogP) is 3.82. The summed E-state index contributed by atoms with van der Waals surface area (Å²) in [4.78, 5) is 16.8. The summed E-state index contributed by atoms with van der Waals surface area (Å²) >= 11 is 1.50. The van der Waals surface area contributed by atoms with Crippen molar-refractivity contribution in [2.24, 2.45) is 0 Å². The van der Waals surface area contributed by atoms with E-state index in [0.29, 0.717) is 18.0 Å². The van der Waals surface area contributed by atoms with Gasteiger partial charge in [0.25, 0.3) is 0 Å². The van der Waals surface area contributed by atoms with E-state index < -0.39 is 0 Å². The highest BCUT2D eigenvalue weighted by molar-refractivity contribution is 7.13. The van der Waals surface area contributed by atoms with Crippen LogP contribution in [-0.4, -0.2) is 36.8 Å². The molecule has 0 saturated carbocycles. The molecule has 0 aliphatic rings. The number of nitrogens with one attached hydrogen (secondary N) is 1. The van der Waals surface area contributed by atoms with Crippen LogP contribution in [0, 0.1) is 0 Å². The Morgan fingerprint density at radius 1 is 1.10 bits per heavy atom. The van der Waals surface area contributed by atoms with E-state index in [-0.39, 0.29) is 18.1 Å². The first kappa shape index (κ1) is 20.7. The lowest BCUT2D eigenvalue weighted by Crippen LogP contribution is -2.26. The number of thiazole rings is 1. The first-order valence-electron chi connectivity index (χ1n) is 9.30.